The summed E-state index contributed by atoms with van der Waals surface area (Å²) >= 11 is 22.4. The molecule has 0 aromatic heterocycles. The summed E-state index contributed by atoms with van der Waals surface area (Å²) in [7, 11) is -2.39. The molecular formula is C6H3Cl4OP. The van der Waals surface area contributed by atoms with Crippen LogP contribution in [-0.2, 0) is 4.57 Å². The van der Waals surface area contributed by atoms with E-state index in [1.165, 1.54) is 12.1 Å². The Morgan fingerprint density at radius 3 is 1.83 bits per heavy atom. The zero-order valence-electron chi connectivity index (χ0n) is 5.57. The molecule has 0 amide bonds. The van der Waals surface area contributed by atoms with Crippen LogP contribution in [0.2, 0.25) is 15.1 Å². The van der Waals surface area contributed by atoms with Gasteiger partial charge in [-0.2, -0.15) is 0 Å². The second-order valence-electron chi connectivity index (χ2n) is 2.02. The standard InChI is InChI=1S/C6H3Cl4OP/c7-3-1-4(8)6(12(10)11)5(9)2-3/h1-2,12H. The van der Waals surface area contributed by atoms with Gasteiger partial charge in [0.2, 0.25) is 0 Å². The number of hydrogen-bond acceptors (Lipinski definition) is 1. The van der Waals surface area contributed by atoms with Crippen LogP contribution >= 0.6 is 53.2 Å². The molecule has 1 aromatic carbocycles. The predicted octanol–water partition coefficient (Wildman–Crippen LogP) is 3.99. The summed E-state index contributed by atoms with van der Waals surface area (Å²) in [5, 5.41) is 1.15. The third kappa shape index (κ3) is 2.31. The summed E-state index contributed by atoms with van der Waals surface area (Å²) in [6.07, 6.45) is 0. The number of halogens is 4. The fourth-order valence-corrected chi connectivity index (χ4v) is 3.48. The lowest BCUT2D eigenvalue weighted by atomic mass is 10.4. The van der Waals surface area contributed by atoms with Crippen molar-refractivity contribution in [1.82, 2.24) is 0 Å². The maximum absolute atomic E-state index is 10.9. The minimum absolute atomic E-state index is 0.242. The molecule has 0 fully saturated rings. The molecule has 0 radical (unpaired) electrons. The fraction of sp³-hybridized carbons (Fsp3) is 0. The largest absolute Gasteiger partial charge is 0.305 e. The van der Waals surface area contributed by atoms with Gasteiger partial charge in [-0.1, -0.05) is 46.0 Å². The summed E-state index contributed by atoms with van der Waals surface area (Å²) in [4.78, 5) is 0. The van der Waals surface area contributed by atoms with E-state index in [0.717, 1.165) is 0 Å². The SMILES string of the molecule is O=[PH](Cl)c1c(Cl)cc(Cl)cc1Cl. The van der Waals surface area contributed by atoms with Gasteiger partial charge in [-0.25, -0.2) is 0 Å². The third-order valence-corrected chi connectivity index (χ3v) is 3.83. The Morgan fingerprint density at radius 2 is 1.50 bits per heavy atom. The van der Waals surface area contributed by atoms with E-state index in [0.29, 0.717) is 5.02 Å². The lowest BCUT2D eigenvalue weighted by Gasteiger charge is -2.02. The van der Waals surface area contributed by atoms with E-state index in [4.69, 9.17) is 46.0 Å². The van der Waals surface area contributed by atoms with Crippen LogP contribution in [0.1, 0.15) is 0 Å². The molecule has 0 heterocycles. The predicted molar refractivity (Wildman–Crippen MR) is 56.0 cm³/mol. The van der Waals surface area contributed by atoms with Crippen molar-refractivity contribution in [2.24, 2.45) is 0 Å². The van der Waals surface area contributed by atoms with Crippen molar-refractivity contribution >= 4 is 58.5 Å². The molecular weight excluding hydrogens is 261 g/mol. The Balaban J connectivity index is 3.38. The van der Waals surface area contributed by atoms with Gasteiger partial charge < -0.3 is 4.57 Å². The van der Waals surface area contributed by atoms with E-state index >= 15 is 0 Å². The van der Waals surface area contributed by atoms with Crippen LogP contribution in [0.25, 0.3) is 0 Å². The molecule has 1 unspecified atom stereocenters. The first-order chi connectivity index (χ1) is 5.52. The normalized spacial score (nSPS) is 13.0. The van der Waals surface area contributed by atoms with Gasteiger partial charge in [0.15, 0.2) is 7.15 Å². The van der Waals surface area contributed by atoms with Gasteiger partial charge in [0.25, 0.3) is 0 Å². The molecule has 0 aliphatic heterocycles. The van der Waals surface area contributed by atoms with Crippen LogP contribution < -0.4 is 5.30 Å². The van der Waals surface area contributed by atoms with E-state index in [-0.39, 0.29) is 15.3 Å². The molecule has 0 aliphatic carbocycles. The van der Waals surface area contributed by atoms with E-state index < -0.39 is 7.15 Å². The van der Waals surface area contributed by atoms with E-state index in [1.807, 2.05) is 0 Å². The molecule has 0 saturated carbocycles. The first kappa shape index (κ1) is 10.7. The Labute approximate surface area is 90.1 Å². The van der Waals surface area contributed by atoms with E-state index in [9.17, 15) is 4.57 Å². The Kier molecular flexibility index (Phi) is 3.75. The first-order valence-corrected chi connectivity index (χ1v) is 6.42. The van der Waals surface area contributed by atoms with Gasteiger partial charge in [0.1, 0.15) is 0 Å². The van der Waals surface area contributed by atoms with Crippen LogP contribution in [0.4, 0.5) is 0 Å². The highest BCUT2D eigenvalue weighted by Gasteiger charge is 2.11. The Bertz CT molecular complexity index is 315. The summed E-state index contributed by atoms with van der Waals surface area (Å²) < 4.78 is 10.9. The van der Waals surface area contributed by atoms with Crippen LogP contribution in [0, 0.1) is 0 Å². The van der Waals surface area contributed by atoms with E-state index in [2.05, 4.69) is 0 Å². The molecule has 1 aromatic rings. The Hall–Kier alpha value is 0.610. The molecule has 12 heavy (non-hydrogen) atoms. The topological polar surface area (TPSA) is 17.1 Å². The quantitative estimate of drug-likeness (QED) is 0.701. The van der Waals surface area contributed by atoms with Crippen LogP contribution in [0.5, 0.6) is 0 Å². The van der Waals surface area contributed by atoms with Gasteiger partial charge in [-0.3, -0.25) is 0 Å². The first-order valence-electron chi connectivity index (χ1n) is 2.86. The highest BCUT2D eigenvalue weighted by Crippen LogP contribution is 2.34. The fourth-order valence-electron chi connectivity index (χ4n) is 0.730. The monoisotopic (exact) mass is 262 g/mol. The molecule has 1 rings (SSSR count). The number of benzene rings is 1. The Morgan fingerprint density at radius 1 is 1.08 bits per heavy atom. The van der Waals surface area contributed by atoms with Crippen molar-refractivity contribution < 1.29 is 4.57 Å². The molecule has 1 atom stereocenters. The highest BCUT2D eigenvalue weighted by atomic mass is 35.7. The highest BCUT2D eigenvalue weighted by molar-refractivity contribution is 7.80. The number of hydrogen-bond donors (Lipinski definition) is 0. The van der Waals surface area contributed by atoms with Gasteiger partial charge >= 0.3 is 0 Å². The van der Waals surface area contributed by atoms with Crippen LogP contribution in [0.3, 0.4) is 0 Å². The molecule has 6 heteroatoms. The molecule has 0 aliphatic rings. The lowest BCUT2D eigenvalue weighted by molar-refractivity contribution is 0.600. The second kappa shape index (κ2) is 4.21. The molecule has 0 bridgehead atoms. The average molecular weight is 264 g/mol. The molecule has 0 spiro atoms. The van der Waals surface area contributed by atoms with Crippen molar-refractivity contribution in [2.45, 2.75) is 0 Å². The van der Waals surface area contributed by atoms with Crippen molar-refractivity contribution in [1.29, 1.82) is 0 Å². The average Bonchev–Trinajstić information content (AvgIpc) is 1.82. The maximum Gasteiger partial charge on any atom is 0.189 e. The zero-order valence-corrected chi connectivity index (χ0v) is 9.60. The summed E-state index contributed by atoms with van der Waals surface area (Å²) in [5.74, 6) is 0. The second-order valence-corrected chi connectivity index (χ2v) is 5.35. The third-order valence-electron chi connectivity index (χ3n) is 1.20. The smallest absolute Gasteiger partial charge is 0.189 e. The molecule has 66 valence electrons. The van der Waals surface area contributed by atoms with E-state index in [1.54, 1.807) is 0 Å². The molecule has 0 N–H and O–H groups in total. The zero-order chi connectivity index (χ0) is 9.30. The van der Waals surface area contributed by atoms with Gasteiger partial charge in [0.05, 0.1) is 15.3 Å². The summed E-state index contributed by atoms with van der Waals surface area (Å²) in [6, 6.07) is 2.91. The number of rotatable bonds is 1. The lowest BCUT2D eigenvalue weighted by Crippen LogP contribution is -1.97. The molecule has 0 saturated heterocycles. The van der Waals surface area contributed by atoms with Crippen LogP contribution in [0.15, 0.2) is 12.1 Å². The van der Waals surface area contributed by atoms with Crippen LogP contribution in [-0.4, -0.2) is 0 Å². The maximum atomic E-state index is 10.9. The van der Waals surface area contributed by atoms with Gasteiger partial charge in [-0.05, 0) is 12.1 Å². The summed E-state index contributed by atoms with van der Waals surface area (Å²) in [5.41, 5.74) is 0. The van der Waals surface area contributed by atoms with Crippen molar-refractivity contribution in [3.05, 3.63) is 27.2 Å². The molecule has 1 nitrogen and oxygen atoms in total. The van der Waals surface area contributed by atoms with Crippen molar-refractivity contribution in [2.75, 3.05) is 0 Å². The minimum Gasteiger partial charge on any atom is -0.305 e. The van der Waals surface area contributed by atoms with Crippen molar-refractivity contribution in [3.63, 3.8) is 0 Å². The van der Waals surface area contributed by atoms with Gasteiger partial charge in [0, 0.05) is 5.02 Å². The summed E-state index contributed by atoms with van der Waals surface area (Å²) in [6.45, 7) is 0. The van der Waals surface area contributed by atoms with Gasteiger partial charge in [-0.15, -0.1) is 0 Å². The minimum atomic E-state index is -2.39. The van der Waals surface area contributed by atoms with Crippen molar-refractivity contribution in [3.8, 4) is 0 Å².